The molecule has 36 heavy (non-hydrogen) atoms. The molecule has 0 aliphatic carbocycles. The summed E-state index contributed by atoms with van der Waals surface area (Å²) < 4.78 is 37.4. The molecular formula is C23H32F2N6O4S. The number of aliphatic hydroxyl groups is 1. The number of anilines is 1. The number of nitrogens with two attached hydrogens (primary N) is 1. The molecule has 1 aliphatic rings. The molecule has 1 aliphatic heterocycles. The number of rotatable bonds is 11. The number of benzene rings is 1. The molecule has 3 amide bonds. The highest BCUT2D eigenvalue weighted by Crippen LogP contribution is 2.31. The van der Waals surface area contributed by atoms with E-state index in [1.807, 2.05) is 0 Å². The van der Waals surface area contributed by atoms with Gasteiger partial charge in [0.1, 0.15) is 28.8 Å². The van der Waals surface area contributed by atoms with Crippen molar-refractivity contribution < 1.29 is 28.2 Å². The van der Waals surface area contributed by atoms with E-state index in [0.717, 1.165) is 44.3 Å². The van der Waals surface area contributed by atoms with Crippen molar-refractivity contribution in [1.29, 1.82) is 0 Å². The van der Waals surface area contributed by atoms with Gasteiger partial charge in [0.15, 0.2) is 0 Å². The van der Waals surface area contributed by atoms with Crippen LogP contribution < -0.4 is 21.1 Å². The van der Waals surface area contributed by atoms with Gasteiger partial charge in [-0.3, -0.25) is 10.1 Å². The SMILES string of the molecule is Cc1cc(F)c(COc2nsc(NC(=O)NCCC(O)CCN3CCN(C)CC3)c2C(N)=O)c(F)c1. The number of aliphatic hydroxyl groups excluding tert-OH is 1. The Morgan fingerprint density at radius 1 is 1.22 bits per heavy atom. The second-order valence-corrected chi connectivity index (χ2v) is 9.58. The Labute approximate surface area is 212 Å². The molecule has 1 aromatic heterocycles. The Kier molecular flexibility index (Phi) is 9.93. The van der Waals surface area contributed by atoms with E-state index >= 15 is 0 Å². The van der Waals surface area contributed by atoms with E-state index < -0.39 is 36.3 Å². The highest BCUT2D eigenvalue weighted by molar-refractivity contribution is 7.11. The smallest absolute Gasteiger partial charge is 0.319 e. The van der Waals surface area contributed by atoms with E-state index in [1.54, 1.807) is 6.92 Å². The number of carbonyl (C=O) groups excluding carboxylic acids is 2. The molecule has 1 fully saturated rings. The van der Waals surface area contributed by atoms with Gasteiger partial charge in [-0.1, -0.05) is 0 Å². The maximum absolute atomic E-state index is 14.1. The molecule has 0 saturated carbocycles. The predicted molar refractivity (Wildman–Crippen MR) is 132 cm³/mol. The average Bonchev–Trinajstić information content (AvgIpc) is 3.20. The van der Waals surface area contributed by atoms with Crippen LogP contribution in [0.25, 0.3) is 0 Å². The van der Waals surface area contributed by atoms with E-state index in [0.29, 0.717) is 18.4 Å². The molecule has 1 unspecified atom stereocenters. The zero-order valence-corrected chi connectivity index (χ0v) is 21.2. The Morgan fingerprint density at radius 3 is 2.53 bits per heavy atom. The molecule has 0 radical (unpaired) electrons. The summed E-state index contributed by atoms with van der Waals surface area (Å²) in [4.78, 5) is 28.8. The fourth-order valence-electron chi connectivity index (χ4n) is 3.73. The summed E-state index contributed by atoms with van der Waals surface area (Å²) >= 11 is 0.749. The summed E-state index contributed by atoms with van der Waals surface area (Å²) in [6.07, 6.45) is 0.419. The van der Waals surface area contributed by atoms with Crippen LogP contribution in [0.5, 0.6) is 5.88 Å². The first-order valence-corrected chi connectivity index (χ1v) is 12.4. The largest absolute Gasteiger partial charge is 0.471 e. The summed E-state index contributed by atoms with van der Waals surface area (Å²) in [6.45, 7) is 6.02. The lowest BCUT2D eigenvalue weighted by Crippen LogP contribution is -2.45. The number of primary amides is 1. The van der Waals surface area contributed by atoms with Gasteiger partial charge in [-0.2, -0.15) is 4.37 Å². The number of halogens is 2. The Hall–Kier alpha value is -2.87. The second-order valence-electron chi connectivity index (χ2n) is 8.81. The van der Waals surface area contributed by atoms with Gasteiger partial charge in [0.05, 0.1) is 11.7 Å². The lowest BCUT2D eigenvalue weighted by Gasteiger charge is -2.32. The number of nitrogens with one attached hydrogen (secondary N) is 2. The normalized spacial score (nSPS) is 15.5. The third kappa shape index (κ3) is 7.82. The lowest BCUT2D eigenvalue weighted by molar-refractivity contribution is 0.0996. The van der Waals surface area contributed by atoms with Crippen LogP contribution in [0.15, 0.2) is 12.1 Å². The maximum atomic E-state index is 14.1. The predicted octanol–water partition coefficient (Wildman–Crippen LogP) is 1.92. The minimum atomic E-state index is -0.918. The number of hydrogen-bond donors (Lipinski definition) is 4. The molecule has 2 aromatic rings. The second kappa shape index (κ2) is 12.9. The zero-order chi connectivity index (χ0) is 26.2. The van der Waals surface area contributed by atoms with Crippen LogP contribution in [0.4, 0.5) is 18.6 Å². The molecular weight excluding hydrogens is 494 g/mol. The first-order chi connectivity index (χ1) is 17.1. The standard InChI is InChI=1S/C23H32F2N6O4S/c1-14-11-17(24)16(18(25)12-14)13-35-21-19(20(26)33)22(36-29-21)28-23(34)27-5-3-15(32)4-6-31-9-7-30(2)8-10-31/h11-12,15,32H,3-10,13H2,1-2H3,(H2,26,33)(H2,27,28,34). The van der Waals surface area contributed by atoms with E-state index in [-0.39, 0.29) is 28.6 Å². The summed E-state index contributed by atoms with van der Waals surface area (Å²) in [7, 11) is 2.09. The molecule has 198 valence electrons. The van der Waals surface area contributed by atoms with Crippen molar-refractivity contribution in [2.75, 3.05) is 51.6 Å². The van der Waals surface area contributed by atoms with Crippen molar-refractivity contribution in [2.24, 2.45) is 5.73 Å². The topological polar surface area (TPSA) is 133 Å². The molecule has 0 bridgehead atoms. The van der Waals surface area contributed by atoms with Gasteiger partial charge in [0.25, 0.3) is 5.91 Å². The van der Waals surface area contributed by atoms with Crippen LogP contribution in [0.3, 0.4) is 0 Å². The molecule has 3 rings (SSSR count). The summed E-state index contributed by atoms with van der Waals surface area (Å²) in [5.41, 5.74) is 5.32. The summed E-state index contributed by atoms with van der Waals surface area (Å²) in [5.74, 6) is -2.72. The number of urea groups is 1. The van der Waals surface area contributed by atoms with Crippen molar-refractivity contribution in [3.63, 3.8) is 0 Å². The van der Waals surface area contributed by atoms with Crippen LogP contribution >= 0.6 is 11.5 Å². The van der Waals surface area contributed by atoms with Gasteiger partial charge in [0.2, 0.25) is 5.88 Å². The van der Waals surface area contributed by atoms with Gasteiger partial charge >= 0.3 is 6.03 Å². The number of carbonyl (C=O) groups is 2. The number of nitrogens with zero attached hydrogens (tertiary/aromatic N) is 3. The Morgan fingerprint density at radius 2 is 1.89 bits per heavy atom. The quantitative estimate of drug-likeness (QED) is 0.352. The fourth-order valence-corrected chi connectivity index (χ4v) is 4.47. The van der Waals surface area contributed by atoms with Crippen molar-refractivity contribution in [3.05, 3.63) is 40.5 Å². The van der Waals surface area contributed by atoms with Crippen molar-refractivity contribution >= 4 is 28.5 Å². The summed E-state index contributed by atoms with van der Waals surface area (Å²) in [5, 5.41) is 15.4. The van der Waals surface area contributed by atoms with Gasteiger partial charge in [-0.15, -0.1) is 0 Å². The third-order valence-electron chi connectivity index (χ3n) is 5.91. The van der Waals surface area contributed by atoms with Crippen molar-refractivity contribution in [1.82, 2.24) is 19.5 Å². The fraction of sp³-hybridized carbons (Fsp3) is 0.522. The first-order valence-electron chi connectivity index (χ1n) is 11.6. The highest BCUT2D eigenvalue weighted by atomic mass is 32.1. The molecule has 1 aromatic carbocycles. The van der Waals surface area contributed by atoms with E-state index in [1.165, 1.54) is 12.1 Å². The van der Waals surface area contributed by atoms with Crippen molar-refractivity contribution in [3.8, 4) is 5.88 Å². The maximum Gasteiger partial charge on any atom is 0.319 e. The van der Waals surface area contributed by atoms with Gasteiger partial charge < -0.3 is 30.7 Å². The molecule has 0 spiro atoms. The third-order valence-corrected chi connectivity index (χ3v) is 6.66. The van der Waals surface area contributed by atoms with Gasteiger partial charge in [-0.05, 0) is 56.0 Å². The molecule has 5 N–H and O–H groups in total. The molecule has 1 atom stereocenters. The zero-order valence-electron chi connectivity index (χ0n) is 20.4. The molecule has 13 heteroatoms. The minimum Gasteiger partial charge on any atom is -0.471 e. The Bertz CT molecular complexity index is 1040. The number of aromatic nitrogens is 1. The Balaban J connectivity index is 1.47. The number of likely N-dealkylation sites (N-methyl/N-ethyl adjacent to an activating group) is 1. The molecule has 10 nitrogen and oxygen atoms in total. The van der Waals surface area contributed by atoms with Crippen molar-refractivity contribution in [2.45, 2.75) is 32.5 Å². The summed E-state index contributed by atoms with van der Waals surface area (Å²) in [6, 6.07) is 1.71. The molecule has 2 heterocycles. The lowest BCUT2D eigenvalue weighted by atomic mass is 10.1. The van der Waals surface area contributed by atoms with Crippen LogP contribution in [0, 0.1) is 18.6 Å². The first kappa shape index (κ1) is 27.7. The highest BCUT2D eigenvalue weighted by Gasteiger charge is 2.23. The number of hydrogen-bond acceptors (Lipinski definition) is 8. The molecule has 1 saturated heterocycles. The number of piperazine rings is 1. The van der Waals surface area contributed by atoms with Gasteiger partial charge in [-0.25, -0.2) is 13.6 Å². The number of ether oxygens (including phenoxy) is 1. The van der Waals surface area contributed by atoms with E-state index in [2.05, 4.69) is 31.9 Å². The van der Waals surface area contributed by atoms with E-state index in [9.17, 15) is 23.5 Å². The van der Waals surface area contributed by atoms with Crippen LogP contribution in [-0.4, -0.2) is 83.6 Å². The number of aryl methyl sites for hydroxylation is 1. The minimum absolute atomic E-state index is 0.0375. The van der Waals surface area contributed by atoms with Crippen LogP contribution in [0.1, 0.15) is 34.3 Å². The average molecular weight is 527 g/mol. The van der Waals surface area contributed by atoms with Gasteiger partial charge in [0, 0.05) is 39.3 Å². The van der Waals surface area contributed by atoms with Crippen LogP contribution in [0.2, 0.25) is 0 Å². The van der Waals surface area contributed by atoms with E-state index in [4.69, 9.17) is 10.5 Å². The monoisotopic (exact) mass is 526 g/mol. The van der Waals surface area contributed by atoms with Crippen LogP contribution in [-0.2, 0) is 6.61 Å². The number of amides is 3.